The molecule has 0 bridgehead atoms. The maximum atomic E-state index is 13.4. The van der Waals surface area contributed by atoms with Gasteiger partial charge in [0.15, 0.2) is 0 Å². The minimum absolute atomic E-state index is 0.181. The van der Waals surface area contributed by atoms with Crippen molar-refractivity contribution in [1.82, 2.24) is 5.32 Å². The smallest absolute Gasteiger partial charge is 0.142 e. The highest BCUT2D eigenvalue weighted by molar-refractivity contribution is 7.07. The first-order valence-corrected chi connectivity index (χ1v) is 7.22. The van der Waals surface area contributed by atoms with Crippen molar-refractivity contribution in [2.75, 3.05) is 6.54 Å². The van der Waals surface area contributed by atoms with Crippen molar-refractivity contribution < 1.29 is 4.39 Å². The van der Waals surface area contributed by atoms with E-state index in [1.807, 2.05) is 11.4 Å². The van der Waals surface area contributed by atoms with E-state index in [1.165, 1.54) is 11.6 Å². The minimum atomic E-state index is -0.352. The van der Waals surface area contributed by atoms with Gasteiger partial charge in [0.1, 0.15) is 5.82 Å². The van der Waals surface area contributed by atoms with E-state index < -0.39 is 0 Å². The van der Waals surface area contributed by atoms with Gasteiger partial charge >= 0.3 is 0 Å². The zero-order chi connectivity index (χ0) is 13.0. The number of halogens is 2. The molecule has 2 aromatic rings. The Morgan fingerprint density at radius 3 is 2.89 bits per heavy atom. The maximum Gasteiger partial charge on any atom is 0.142 e. The van der Waals surface area contributed by atoms with Crippen LogP contribution in [0.25, 0.3) is 0 Å². The summed E-state index contributed by atoms with van der Waals surface area (Å²) < 4.78 is 13.4. The third-order valence-corrected chi connectivity index (χ3v) is 3.98. The second-order valence-corrected chi connectivity index (χ2v) is 5.24. The quantitative estimate of drug-likeness (QED) is 0.856. The summed E-state index contributed by atoms with van der Waals surface area (Å²) in [6.45, 7) is 2.93. The van der Waals surface area contributed by atoms with Gasteiger partial charge in [-0.2, -0.15) is 11.3 Å². The van der Waals surface area contributed by atoms with Gasteiger partial charge in [-0.1, -0.05) is 30.7 Å². The second-order valence-electron chi connectivity index (χ2n) is 4.08. The molecule has 1 heterocycles. The molecular formula is C14H15ClFNS. The molecule has 2 rings (SSSR count). The second kappa shape index (κ2) is 6.32. The Balaban J connectivity index is 2.21. The average molecular weight is 284 g/mol. The maximum absolute atomic E-state index is 13.4. The fraction of sp³-hybridized carbons (Fsp3) is 0.286. The molecular weight excluding hydrogens is 269 g/mol. The SMILES string of the molecule is CCNC(Cc1cccc(F)c1Cl)c1ccsc1. The minimum Gasteiger partial charge on any atom is -0.310 e. The van der Waals surface area contributed by atoms with Crippen molar-refractivity contribution in [2.24, 2.45) is 0 Å². The third-order valence-electron chi connectivity index (χ3n) is 2.85. The van der Waals surface area contributed by atoms with Gasteiger partial charge in [-0.05, 0) is 47.0 Å². The Bertz CT molecular complexity index is 499. The summed E-state index contributed by atoms with van der Waals surface area (Å²) in [6.07, 6.45) is 0.696. The molecule has 0 fully saturated rings. The Morgan fingerprint density at radius 2 is 2.22 bits per heavy atom. The summed E-state index contributed by atoms with van der Waals surface area (Å²) in [7, 11) is 0. The van der Waals surface area contributed by atoms with Gasteiger partial charge in [0, 0.05) is 6.04 Å². The van der Waals surface area contributed by atoms with Gasteiger partial charge in [-0.25, -0.2) is 4.39 Å². The Kier molecular flexibility index (Phi) is 4.75. The molecule has 0 saturated heterocycles. The van der Waals surface area contributed by atoms with E-state index in [1.54, 1.807) is 17.4 Å². The van der Waals surface area contributed by atoms with Crippen molar-refractivity contribution in [3.63, 3.8) is 0 Å². The van der Waals surface area contributed by atoms with Crippen LogP contribution in [0.1, 0.15) is 24.1 Å². The fourth-order valence-electron chi connectivity index (χ4n) is 1.95. The summed E-state index contributed by atoms with van der Waals surface area (Å²) in [4.78, 5) is 0. The van der Waals surface area contributed by atoms with Crippen molar-refractivity contribution in [3.8, 4) is 0 Å². The largest absolute Gasteiger partial charge is 0.310 e. The molecule has 18 heavy (non-hydrogen) atoms. The van der Waals surface area contributed by atoms with E-state index in [-0.39, 0.29) is 16.9 Å². The predicted octanol–water partition coefficient (Wildman–Crippen LogP) is 4.43. The molecule has 1 aromatic heterocycles. The van der Waals surface area contributed by atoms with Gasteiger partial charge in [0.05, 0.1) is 5.02 Å². The summed E-state index contributed by atoms with van der Waals surface area (Å²) >= 11 is 7.66. The van der Waals surface area contributed by atoms with E-state index in [2.05, 4.69) is 23.7 Å². The van der Waals surface area contributed by atoms with Crippen LogP contribution in [0.5, 0.6) is 0 Å². The van der Waals surface area contributed by atoms with Gasteiger partial charge in [0.2, 0.25) is 0 Å². The number of benzene rings is 1. The van der Waals surface area contributed by atoms with Crippen LogP contribution < -0.4 is 5.32 Å². The van der Waals surface area contributed by atoms with Crippen molar-refractivity contribution in [1.29, 1.82) is 0 Å². The van der Waals surface area contributed by atoms with Gasteiger partial charge in [0.25, 0.3) is 0 Å². The summed E-state index contributed by atoms with van der Waals surface area (Å²) in [5.74, 6) is -0.352. The van der Waals surface area contributed by atoms with Crippen LogP contribution in [-0.2, 0) is 6.42 Å². The van der Waals surface area contributed by atoms with E-state index >= 15 is 0 Å². The van der Waals surface area contributed by atoms with Crippen LogP contribution in [0.2, 0.25) is 5.02 Å². The molecule has 0 radical (unpaired) electrons. The summed E-state index contributed by atoms with van der Waals surface area (Å²) in [5.41, 5.74) is 2.07. The number of hydrogen-bond acceptors (Lipinski definition) is 2. The number of hydrogen-bond donors (Lipinski definition) is 1. The van der Waals surface area contributed by atoms with E-state index in [0.717, 1.165) is 12.1 Å². The first-order chi connectivity index (χ1) is 8.72. The lowest BCUT2D eigenvalue weighted by molar-refractivity contribution is 0.548. The zero-order valence-electron chi connectivity index (χ0n) is 10.1. The molecule has 0 aliphatic rings. The van der Waals surface area contributed by atoms with Gasteiger partial charge in [-0.15, -0.1) is 0 Å². The van der Waals surface area contributed by atoms with Crippen LogP contribution in [0, 0.1) is 5.82 Å². The first-order valence-electron chi connectivity index (χ1n) is 5.90. The van der Waals surface area contributed by atoms with E-state index in [4.69, 9.17) is 11.6 Å². The summed E-state index contributed by atoms with van der Waals surface area (Å²) in [5, 5.41) is 7.80. The van der Waals surface area contributed by atoms with Crippen LogP contribution in [0.3, 0.4) is 0 Å². The Morgan fingerprint density at radius 1 is 1.39 bits per heavy atom. The Hall–Kier alpha value is -0.900. The lowest BCUT2D eigenvalue weighted by Gasteiger charge is -2.17. The van der Waals surface area contributed by atoms with Gasteiger partial charge in [-0.3, -0.25) is 0 Å². The number of rotatable bonds is 5. The van der Waals surface area contributed by atoms with Crippen LogP contribution in [0.4, 0.5) is 4.39 Å². The molecule has 1 N–H and O–H groups in total. The lowest BCUT2D eigenvalue weighted by Crippen LogP contribution is -2.22. The van der Waals surface area contributed by atoms with E-state index in [9.17, 15) is 4.39 Å². The molecule has 1 aromatic carbocycles. The molecule has 1 nitrogen and oxygen atoms in total. The highest BCUT2D eigenvalue weighted by Crippen LogP contribution is 2.26. The number of thiophene rings is 1. The lowest BCUT2D eigenvalue weighted by atomic mass is 10.0. The van der Waals surface area contributed by atoms with Crippen molar-refractivity contribution >= 4 is 22.9 Å². The van der Waals surface area contributed by atoms with Crippen LogP contribution >= 0.6 is 22.9 Å². The van der Waals surface area contributed by atoms with Crippen LogP contribution in [-0.4, -0.2) is 6.54 Å². The molecule has 0 amide bonds. The fourth-order valence-corrected chi connectivity index (χ4v) is 2.87. The normalized spacial score (nSPS) is 12.6. The van der Waals surface area contributed by atoms with Crippen molar-refractivity contribution in [3.05, 3.63) is 57.0 Å². The number of nitrogens with one attached hydrogen (secondary N) is 1. The van der Waals surface area contributed by atoms with Crippen molar-refractivity contribution in [2.45, 2.75) is 19.4 Å². The molecule has 96 valence electrons. The molecule has 1 unspecified atom stereocenters. The Labute approximate surface area is 116 Å². The molecule has 0 aliphatic carbocycles. The van der Waals surface area contributed by atoms with E-state index in [0.29, 0.717) is 6.42 Å². The molecule has 0 saturated carbocycles. The highest BCUT2D eigenvalue weighted by atomic mass is 35.5. The molecule has 1 atom stereocenters. The van der Waals surface area contributed by atoms with Crippen LogP contribution in [0.15, 0.2) is 35.0 Å². The average Bonchev–Trinajstić information content (AvgIpc) is 2.88. The highest BCUT2D eigenvalue weighted by Gasteiger charge is 2.14. The molecule has 0 spiro atoms. The first kappa shape index (κ1) is 13.5. The third kappa shape index (κ3) is 3.10. The predicted molar refractivity (Wildman–Crippen MR) is 75.9 cm³/mol. The number of likely N-dealkylation sites (N-methyl/N-ethyl adjacent to an activating group) is 1. The topological polar surface area (TPSA) is 12.0 Å². The van der Waals surface area contributed by atoms with Gasteiger partial charge < -0.3 is 5.32 Å². The molecule has 0 aliphatic heterocycles. The standard InChI is InChI=1S/C14H15ClFNS/c1-2-17-13(11-6-7-18-9-11)8-10-4-3-5-12(16)14(10)15/h3-7,9,13,17H,2,8H2,1H3. The summed E-state index contributed by atoms with van der Waals surface area (Å²) in [6, 6.07) is 7.24. The molecule has 4 heteroatoms. The zero-order valence-corrected chi connectivity index (χ0v) is 11.7. The monoisotopic (exact) mass is 283 g/mol.